The highest BCUT2D eigenvalue weighted by Gasteiger charge is 2.80. The fourth-order valence-electron chi connectivity index (χ4n) is 13.5. The number of anilines is 1. The number of methoxy groups -OCH3 is 3. The molecule has 59 heavy (non-hydrogen) atoms. The van der Waals surface area contributed by atoms with E-state index < -0.39 is 58.0 Å². The Balaban J connectivity index is 1.37. The molecule has 13 heteroatoms. The summed E-state index contributed by atoms with van der Waals surface area (Å²) >= 11 is 0. The van der Waals surface area contributed by atoms with Gasteiger partial charge in [-0.3, -0.25) is 14.5 Å². The Morgan fingerprint density at radius 1 is 0.983 bits per heavy atom. The third-order valence-corrected chi connectivity index (χ3v) is 15.7. The summed E-state index contributed by atoms with van der Waals surface area (Å²) < 4.78 is 23.9. The summed E-state index contributed by atoms with van der Waals surface area (Å²) in [6.45, 7) is 8.89. The van der Waals surface area contributed by atoms with Crippen LogP contribution in [0.1, 0.15) is 68.8 Å². The Labute approximate surface area is 345 Å². The van der Waals surface area contributed by atoms with Gasteiger partial charge in [-0.25, -0.2) is 4.79 Å². The molecule has 1 spiro atoms. The molecule has 2 unspecified atom stereocenters. The molecule has 9 rings (SSSR count). The largest absolute Gasteiger partial charge is 0.496 e. The fourth-order valence-corrected chi connectivity index (χ4v) is 13.5. The van der Waals surface area contributed by atoms with Crippen LogP contribution in [0.2, 0.25) is 0 Å². The van der Waals surface area contributed by atoms with Gasteiger partial charge in [0.1, 0.15) is 11.2 Å². The third-order valence-electron chi connectivity index (χ3n) is 15.7. The molecule has 6 heterocycles. The van der Waals surface area contributed by atoms with Gasteiger partial charge in [-0.2, -0.15) is 0 Å². The van der Waals surface area contributed by atoms with Crippen LogP contribution in [0.25, 0.3) is 10.9 Å². The molecule has 13 nitrogen and oxygen atoms in total. The van der Waals surface area contributed by atoms with E-state index in [1.807, 2.05) is 49.2 Å². The number of carbonyl (C=O) groups is 3. The molecule has 3 fully saturated rings. The summed E-state index contributed by atoms with van der Waals surface area (Å²) in [5.74, 6) is -1.78. The van der Waals surface area contributed by atoms with Gasteiger partial charge in [0.25, 0.3) is 0 Å². The molecule has 3 aromatic rings. The number of ether oxygens (including phenoxy) is 4. The Morgan fingerprint density at radius 2 is 1.75 bits per heavy atom. The Kier molecular flexibility index (Phi) is 9.54. The van der Waals surface area contributed by atoms with E-state index in [9.17, 15) is 19.8 Å². The summed E-state index contributed by atoms with van der Waals surface area (Å²) in [5, 5.41) is 26.5. The number of para-hydroxylation sites is 1. The number of nitrogens with one attached hydrogen (secondary N) is 1. The van der Waals surface area contributed by atoms with Gasteiger partial charge in [-0.05, 0) is 73.7 Å². The number of hydrogen-bond acceptors (Lipinski definition) is 12. The van der Waals surface area contributed by atoms with E-state index in [2.05, 4.69) is 39.9 Å². The van der Waals surface area contributed by atoms with Crippen LogP contribution in [-0.4, -0.2) is 134 Å². The number of benzene rings is 2. The van der Waals surface area contributed by atoms with Gasteiger partial charge in [0.2, 0.25) is 5.60 Å². The summed E-state index contributed by atoms with van der Waals surface area (Å²) in [6.07, 6.45) is 4.91. The van der Waals surface area contributed by atoms with Crippen molar-refractivity contribution in [3.8, 4) is 5.75 Å². The minimum absolute atomic E-state index is 0.0295. The molecule has 2 saturated heterocycles. The maximum absolute atomic E-state index is 15.3. The van der Waals surface area contributed by atoms with Crippen LogP contribution in [0.5, 0.6) is 5.75 Å². The lowest BCUT2D eigenvalue weighted by molar-refractivity contribution is -0.228. The highest BCUT2D eigenvalue weighted by Crippen LogP contribution is 2.68. The Morgan fingerprint density at radius 3 is 2.44 bits per heavy atom. The van der Waals surface area contributed by atoms with Crippen LogP contribution in [0.3, 0.4) is 0 Å². The molecular weight excluding hydrogens is 753 g/mol. The molecule has 0 amide bonds. The smallest absolute Gasteiger partial charge is 0.344 e. The molecule has 316 valence electrons. The minimum Gasteiger partial charge on any atom is -0.496 e. The number of rotatable bonds is 7. The number of likely N-dealkylation sites (N-methyl/N-ethyl adjacent to an activating group) is 1. The highest BCUT2D eigenvalue weighted by atomic mass is 16.6. The van der Waals surface area contributed by atoms with Gasteiger partial charge >= 0.3 is 17.9 Å². The van der Waals surface area contributed by atoms with Crippen molar-refractivity contribution in [2.75, 3.05) is 66.0 Å². The van der Waals surface area contributed by atoms with E-state index in [-0.39, 0.29) is 24.3 Å². The summed E-state index contributed by atoms with van der Waals surface area (Å²) in [7, 11) is 6.13. The number of H-pyrrole nitrogens is 1. The van der Waals surface area contributed by atoms with Crippen molar-refractivity contribution in [1.29, 1.82) is 0 Å². The van der Waals surface area contributed by atoms with Crippen molar-refractivity contribution in [1.82, 2.24) is 14.8 Å². The van der Waals surface area contributed by atoms with E-state index in [0.29, 0.717) is 50.2 Å². The maximum Gasteiger partial charge on any atom is 0.344 e. The average molecular weight is 811 g/mol. The van der Waals surface area contributed by atoms with Gasteiger partial charge in [0.15, 0.2) is 6.10 Å². The van der Waals surface area contributed by atoms with Crippen LogP contribution in [-0.2, 0) is 45.8 Å². The highest BCUT2D eigenvalue weighted by molar-refractivity contribution is 5.95. The number of hydrogen-bond donors (Lipinski definition) is 3. The lowest BCUT2D eigenvalue weighted by Gasteiger charge is -2.63. The summed E-state index contributed by atoms with van der Waals surface area (Å²) in [5.41, 5.74) is -0.857. The molecule has 2 bridgehead atoms. The van der Waals surface area contributed by atoms with Crippen molar-refractivity contribution in [3.05, 3.63) is 70.9 Å². The molecule has 3 N–H and O–H groups in total. The molecule has 1 saturated carbocycles. The zero-order valence-corrected chi connectivity index (χ0v) is 35.2. The maximum atomic E-state index is 15.3. The first-order chi connectivity index (χ1) is 28.3. The number of aliphatic hydroxyl groups is 2. The van der Waals surface area contributed by atoms with Crippen molar-refractivity contribution in [2.24, 2.45) is 17.3 Å². The summed E-state index contributed by atoms with van der Waals surface area (Å²) in [4.78, 5) is 53.2. The van der Waals surface area contributed by atoms with Gasteiger partial charge in [0, 0.05) is 90.9 Å². The average Bonchev–Trinajstić information content (AvgIpc) is 3.91. The van der Waals surface area contributed by atoms with E-state index in [1.54, 1.807) is 7.11 Å². The normalized spacial score (nSPS) is 37.0. The number of aliphatic hydroxyl groups excluding tert-OH is 1. The zero-order valence-electron chi connectivity index (χ0n) is 35.2. The number of aromatic nitrogens is 1. The third kappa shape index (κ3) is 5.13. The fraction of sp³-hybridized carbons (Fsp3) is 0.587. The molecule has 6 aliphatic rings. The number of nitrogens with zero attached hydrogens (tertiary/aromatic N) is 3. The Hall–Kier alpha value is -4.43. The van der Waals surface area contributed by atoms with Crippen molar-refractivity contribution < 1.29 is 43.5 Å². The number of fused-ring (bicyclic) bond motifs is 6. The Bertz CT molecular complexity index is 2240. The SMILES string of the molecule is CC[C@H]1CN2CCc3c([nH]c4ccccc34)[C@@](C(=O)OC)(c3cc4c(cc3OC)N(C)[C@H]3[C@@](O)(C(=O)OC)[C@H](OC(C)=O)[C@]5(CC)C=CCN6CC[C@]43[C@@H]65)C[C@H](C2)C1O. The van der Waals surface area contributed by atoms with Gasteiger partial charge in [0.05, 0.1) is 33.5 Å². The monoisotopic (exact) mass is 810 g/mol. The number of esters is 3. The number of aromatic amines is 1. The lowest BCUT2D eigenvalue weighted by atomic mass is 9.47. The minimum atomic E-state index is -2.31. The molecule has 1 aliphatic carbocycles. The van der Waals surface area contributed by atoms with E-state index in [4.69, 9.17) is 18.9 Å². The summed E-state index contributed by atoms with van der Waals surface area (Å²) in [6, 6.07) is 10.9. The molecule has 0 radical (unpaired) electrons. The predicted octanol–water partition coefficient (Wildman–Crippen LogP) is 3.85. The van der Waals surface area contributed by atoms with E-state index in [0.717, 1.165) is 52.9 Å². The van der Waals surface area contributed by atoms with Crippen LogP contribution in [0.4, 0.5) is 5.69 Å². The van der Waals surface area contributed by atoms with Crippen molar-refractivity contribution in [3.63, 3.8) is 0 Å². The van der Waals surface area contributed by atoms with Gasteiger partial charge in [-0.1, -0.05) is 44.2 Å². The van der Waals surface area contributed by atoms with Crippen molar-refractivity contribution >= 4 is 34.5 Å². The van der Waals surface area contributed by atoms with Gasteiger partial charge in [-0.15, -0.1) is 0 Å². The van der Waals surface area contributed by atoms with Crippen LogP contribution < -0.4 is 9.64 Å². The second-order valence-electron chi connectivity index (χ2n) is 18.0. The molecular formula is C46H58N4O9. The standard InChI is InChI=1S/C46H58N4O9/c1-8-27-24-49-19-15-30-29-13-10-11-14-33(29)47-37(30)45(41(53)57-6,23-28(25-49)36(27)52)32-21-31-34(22-35(32)56-5)48(4)39-44(31)17-20-50-18-12-16-43(9-2,38(44)50)40(59-26(3)51)46(39,55)42(54)58-7/h10-14,16,21-22,27-28,36,38-40,47,52,55H,8-9,15,17-20,23-25H2,1-7H3/t27-,28+,36?,38-,39+,40+,43+,44+,45-,46-/m0/s1. The van der Waals surface area contributed by atoms with E-state index >= 15 is 4.79 Å². The lowest BCUT2D eigenvalue weighted by Crippen LogP contribution is -2.81. The topological polar surface area (TPSA) is 154 Å². The van der Waals surface area contributed by atoms with Crippen LogP contribution in [0.15, 0.2) is 48.6 Å². The van der Waals surface area contributed by atoms with Crippen LogP contribution in [0, 0.1) is 17.3 Å². The quantitative estimate of drug-likeness (QED) is 0.181. The first-order valence-electron chi connectivity index (χ1n) is 21.3. The molecule has 11 atom stereocenters. The van der Waals surface area contributed by atoms with Crippen LogP contribution >= 0.6 is 0 Å². The number of piperidine rings is 1. The zero-order chi connectivity index (χ0) is 41.8. The molecule has 1 aromatic heterocycles. The van der Waals surface area contributed by atoms with E-state index in [1.165, 1.54) is 21.1 Å². The number of carbonyl (C=O) groups excluding carboxylic acids is 3. The first-order valence-corrected chi connectivity index (χ1v) is 21.3. The second kappa shape index (κ2) is 14.1. The second-order valence-corrected chi connectivity index (χ2v) is 18.0. The molecule has 2 aromatic carbocycles. The van der Waals surface area contributed by atoms with Crippen molar-refractivity contribution in [2.45, 2.75) is 93.6 Å². The van der Waals surface area contributed by atoms with Gasteiger partial charge < -0.3 is 43.9 Å². The predicted molar refractivity (Wildman–Crippen MR) is 220 cm³/mol. The molecule has 5 aliphatic heterocycles. The first kappa shape index (κ1) is 40.0.